The Morgan fingerprint density at radius 1 is 1.32 bits per heavy atom. The van der Waals surface area contributed by atoms with Crippen LogP contribution in [0.25, 0.3) is 0 Å². The summed E-state index contributed by atoms with van der Waals surface area (Å²) in [7, 11) is 0. The summed E-state index contributed by atoms with van der Waals surface area (Å²) in [6.45, 7) is 1.28. The second kappa shape index (κ2) is 5.44. The van der Waals surface area contributed by atoms with Gasteiger partial charge >= 0.3 is 12.1 Å². The summed E-state index contributed by atoms with van der Waals surface area (Å²) in [5, 5.41) is 15.9. The van der Waals surface area contributed by atoms with E-state index in [2.05, 4.69) is 15.4 Å². The molecule has 100 valence electrons. The van der Waals surface area contributed by atoms with E-state index in [0.717, 1.165) is 0 Å². The second-order valence-corrected chi connectivity index (χ2v) is 3.98. The normalized spacial score (nSPS) is 14.3. The van der Waals surface area contributed by atoms with E-state index in [1.807, 2.05) is 0 Å². The molecule has 1 heterocycles. The first-order chi connectivity index (χ1) is 9.06. The van der Waals surface area contributed by atoms with E-state index < -0.39 is 17.0 Å². The summed E-state index contributed by atoms with van der Waals surface area (Å²) >= 11 is 0. The Morgan fingerprint density at radius 3 is 2.42 bits per heavy atom. The van der Waals surface area contributed by atoms with Gasteiger partial charge in [0, 0.05) is 25.2 Å². The minimum absolute atomic E-state index is 0.0304. The lowest BCUT2D eigenvalue weighted by Crippen LogP contribution is -2.57. The van der Waals surface area contributed by atoms with Crippen molar-refractivity contribution < 1.29 is 19.2 Å². The van der Waals surface area contributed by atoms with Gasteiger partial charge in [-0.1, -0.05) is 0 Å². The molecule has 2 N–H and O–H groups in total. The van der Waals surface area contributed by atoms with Crippen LogP contribution in [0.4, 0.5) is 10.5 Å². The van der Waals surface area contributed by atoms with Crippen molar-refractivity contribution in [1.82, 2.24) is 10.6 Å². The van der Waals surface area contributed by atoms with Gasteiger partial charge in [-0.15, -0.1) is 0 Å². The first-order valence-corrected chi connectivity index (χ1v) is 5.54. The molecular formula is C11H11N3O5. The molecular weight excluding hydrogens is 254 g/mol. The number of carbonyl (C=O) groups excluding carboxylic acids is 2. The Labute approximate surface area is 107 Å². The van der Waals surface area contributed by atoms with E-state index in [4.69, 9.17) is 0 Å². The maximum atomic E-state index is 11.6. The molecule has 1 aromatic carbocycles. The van der Waals surface area contributed by atoms with Gasteiger partial charge in [0.25, 0.3) is 5.69 Å². The highest BCUT2D eigenvalue weighted by atomic mass is 16.6. The Hall–Kier alpha value is -2.48. The van der Waals surface area contributed by atoms with Crippen molar-refractivity contribution in [3.8, 4) is 0 Å². The number of hydrogen-bond acceptors (Lipinski definition) is 6. The molecule has 1 saturated heterocycles. The number of nitro groups is 1. The molecule has 19 heavy (non-hydrogen) atoms. The van der Waals surface area contributed by atoms with Crippen LogP contribution in [-0.2, 0) is 4.74 Å². The smallest absolute Gasteiger partial charge is 0.373 e. The topological polar surface area (TPSA) is 111 Å². The van der Waals surface area contributed by atoms with Crippen molar-refractivity contribution in [1.29, 1.82) is 0 Å². The molecule has 0 aromatic heterocycles. The van der Waals surface area contributed by atoms with Gasteiger partial charge in [0.1, 0.15) is 0 Å². The Balaban J connectivity index is 1.91. The van der Waals surface area contributed by atoms with Crippen LogP contribution >= 0.6 is 0 Å². The number of nitrogens with zero attached hydrogens (tertiary/aromatic N) is 1. The molecule has 0 spiro atoms. The number of nitrogens with one attached hydrogen (secondary N) is 2. The maximum Gasteiger partial charge on any atom is 0.415 e. The number of hydrogen-bond donors (Lipinski definition) is 2. The van der Waals surface area contributed by atoms with E-state index in [1.54, 1.807) is 0 Å². The second-order valence-electron chi connectivity index (χ2n) is 3.98. The quantitative estimate of drug-likeness (QED) is 0.355. The van der Waals surface area contributed by atoms with Crippen LogP contribution in [0.1, 0.15) is 10.4 Å². The molecule has 0 atom stereocenters. The number of amides is 1. The molecule has 0 unspecified atom stereocenters. The minimum Gasteiger partial charge on any atom is -0.373 e. The molecule has 1 aromatic rings. The molecule has 0 saturated carbocycles. The lowest BCUT2D eigenvalue weighted by atomic mass is 10.2. The van der Waals surface area contributed by atoms with Gasteiger partial charge in [0.05, 0.1) is 16.5 Å². The number of esters is 1. The monoisotopic (exact) mass is 265 g/mol. The fourth-order valence-corrected chi connectivity index (χ4v) is 1.45. The van der Waals surface area contributed by atoms with Crippen molar-refractivity contribution >= 4 is 17.7 Å². The highest BCUT2D eigenvalue weighted by molar-refractivity contribution is 5.96. The molecule has 0 bridgehead atoms. The molecule has 0 radical (unpaired) electrons. The lowest BCUT2D eigenvalue weighted by Gasteiger charge is -2.27. The number of carbonyl (C=O) groups is 2. The van der Waals surface area contributed by atoms with Crippen molar-refractivity contribution in [3.05, 3.63) is 39.9 Å². The van der Waals surface area contributed by atoms with Crippen LogP contribution in [0.2, 0.25) is 0 Å². The number of rotatable bonds is 3. The van der Waals surface area contributed by atoms with Gasteiger partial charge in [-0.05, 0) is 12.1 Å². The number of non-ortho nitro benzene ring substituents is 1. The number of alkyl carbamates (subject to hydrolysis) is 1. The van der Waals surface area contributed by atoms with Gasteiger partial charge in [0.15, 0.2) is 0 Å². The standard InChI is InChI=1S/C11H11N3O5/c15-10(19-11(16)13-8-5-12-6-8)7-1-3-9(4-2-7)14(17)18/h1-4,8,12H,5-6H2,(H,13,16). The average molecular weight is 265 g/mol. The number of ether oxygens (including phenoxy) is 1. The van der Waals surface area contributed by atoms with Crippen molar-refractivity contribution in [2.24, 2.45) is 0 Å². The SMILES string of the molecule is O=C(NC1CNC1)OC(=O)c1ccc([N+](=O)[O-])cc1. The van der Waals surface area contributed by atoms with E-state index in [1.165, 1.54) is 24.3 Å². The third-order valence-corrected chi connectivity index (χ3v) is 2.60. The van der Waals surface area contributed by atoms with Gasteiger partial charge in [-0.25, -0.2) is 9.59 Å². The van der Waals surface area contributed by atoms with Crippen molar-refractivity contribution in [3.63, 3.8) is 0 Å². The van der Waals surface area contributed by atoms with Crippen LogP contribution in [0.5, 0.6) is 0 Å². The van der Waals surface area contributed by atoms with Gasteiger partial charge < -0.3 is 15.4 Å². The zero-order valence-corrected chi connectivity index (χ0v) is 9.79. The molecule has 1 fully saturated rings. The molecule has 1 aliphatic rings. The highest BCUT2D eigenvalue weighted by Gasteiger charge is 2.21. The summed E-state index contributed by atoms with van der Waals surface area (Å²) in [4.78, 5) is 32.7. The maximum absolute atomic E-state index is 11.6. The minimum atomic E-state index is -0.848. The van der Waals surface area contributed by atoms with E-state index in [0.29, 0.717) is 13.1 Å². The Bertz CT molecular complexity index is 510. The van der Waals surface area contributed by atoms with Crippen molar-refractivity contribution in [2.75, 3.05) is 13.1 Å². The van der Waals surface area contributed by atoms with Gasteiger partial charge in [0.2, 0.25) is 0 Å². The summed E-state index contributed by atoms with van der Waals surface area (Å²) in [5.74, 6) is -0.848. The average Bonchev–Trinajstić information content (AvgIpc) is 2.34. The van der Waals surface area contributed by atoms with Gasteiger partial charge in [-0.2, -0.15) is 0 Å². The number of nitro benzene ring substituents is 1. The predicted octanol–water partition coefficient (Wildman–Crippen LogP) is 0.433. The third-order valence-electron chi connectivity index (χ3n) is 2.60. The van der Waals surface area contributed by atoms with E-state index >= 15 is 0 Å². The summed E-state index contributed by atoms with van der Waals surface area (Å²) in [6.07, 6.45) is -0.824. The first-order valence-electron chi connectivity index (χ1n) is 5.54. The van der Waals surface area contributed by atoms with Crippen LogP contribution in [0.3, 0.4) is 0 Å². The van der Waals surface area contributed by atoms with Gasteiger partial charge in [-0.3, -0.25) is 10.1 Å². The molecule has 2 rings (SSSR count). The zero-order chi connectivity index (χ0) is 13.8. The molecule has 1 amide bonds. The zero-order valence-electron chi connectivity index (χ0n) is 9.79. The summed E-state index contributed by atoms with van der Waals surface area (Å²) < 4.78 is 4.56. The highest BCUT2D eigenvalue weighted by Crippen LogP contribution is 2.12. The molecule has 8 heteroatoms. The van der Waals surface area contributed by atoms with E-state index in [9.17, 15) is 19.7 Å². The van der Waals surface area contributed by atoms with Crippen LogP contribution in [0, 0.1) is 10.1 Å². The summed E-state index contributed by atoms with van der Waals surface area (Å²) in [5.41, 5.74) is -0.0611. The third kappa shape index (κ3) is 3.26. The molecule has 1 aliphatic heterocycles. The first kappa shape index (κ1) is 13.0. The van der Waals surface area contributed by atoms with Crippen molar-refractivity contribution in [2.45, 2.75) is 6.04 Å². The molecule has 0 aliphatic carbocycles. The number of benzene rings is 1. The Morgan fingerprint density at radius 2 is 1.95 bits per heavy atom. The largest absolute Gasteiger partial charge is 0.415 e. The lowest BCUT2D eigenvalue weighted by molar-refractivity contribution is -0.384. The predicted molar refractivity (Wildman–Crippen MR) is 63.7 cm³/mol. The fourth-order valence-electron chi connectivity index (χ4n) is 1.45. The van der Waals surface area contributed by atoms with Crippen LogP contribution < -0.4 is 10.6 Å². The fraction of sp³-hybridized carbons (Fsp3) is 0.273. The van der Waals surface area contributed by atoms with Crippen LogP contribution in [-0.4, -0.2) is 36.1 Å². The Kier molecular flexibility index (Phi) is 3.71. The summed E-state index contributed by atoms with van der Waals surface area (Å²) in [6, 6.07) is 4.78. The van der Waals surface area contributed by atoms with E-state index in [-0.39, 0.29) is 17.3 Å². The molecule has 8 nitrogen and oxygen atoms in total. The van der Waals surface area contributed by atoms with Crippen LogP contribution in [0.15, 0.2) is 24.3 Å².